The van der Waals surface area contributed by atoms with Crippen LogP contribution in [0.1, 0.15) is 42.9 Å². The zero-order valence-corrected chi connectivity index (χ0v) is 8.43. The summed E-state index contributed by atoms with van der Waals surface area (Å²) in [4.78, 5) is 0. The molecule has 1 aromatic rings. The molecule has 1 aliphatic carbocycles. The average molecular weight is 175 g/mol. The van der Waals surface area contributed by atoms with E-state index in [1.807, 2.05) is 0 Å². The highest BCUT2D eigenvalue weighted by atomic mass is 14.6. The summed E-state index contributed by atoms with van der Waals surface area (Å²) in [6.07, 6.45) is 3.68. The van der Waals surface area contributed by atoms with Crippen molar-refractivity contribution < 1.29 is 0 Å². The molecule has 0 aliphatic heterocycles. The van der Waals surface area contributed by atoms with Gasteiger partial charge in [-0.1, -0.05) is 26.0 Å². The van der Waals surface area contributed by atoms with E-state index in [4.69, 9.17) is 5.73 Å². The Labute approximate surface area is 80.0 Å². The molecule has 0 saturated heterocycles. The van der Waals surface area contributed by atoms with Crippen LogP contribution < -0.4 is 5.73 Å². The molecule has 2 N–H and O–H groups in total. The molecule has 0 saturated carbocycles. The van der Waals surface area contributed by atoms with Crippen molar-refractivity contribution in [2.24, 2.45) is 0 Å². The van der Waals surface area contributed by atoms with Crippen LogP contribution in [0.25, 0.3) is 0 Å². The Morgan fingerprint density at radius 1 is 1.23 bits per heavy atom. The topological polar surface area (TPSA) is 26.0 Å². The molecule has 70 valence electrons. The fourth-order valence-electron chi connectivity index (χ4n) is 2.22. The molecule has 0 atom stereocenters. The molecular weight excluding hydrogens is 158 g/mol. The quantitative estimate of drug-likeness (QED) is 0.652. The number of hydrogen-bond acceptors (Lipinski definition) is 1. The van der Waals surface area contributed by atoms with Crippen LogP contribution in [0.3, 0.4) is 0 Å². The van der Waals surface area contributed by atoms with E-state index in [0.29, 0.717) is 5.92 Å². The summed E-state index contributed by atoms with van der Waals surface area (Å²) in [7, 11) is 0. The average Bonchev–Trinajstić information content (AvgIpc) is 2.52. The van der Waals surface area contributed by atoms with Crippen molar-refractivity contribution in [1.82, 2.24) is 0 Å². The van der Waals surface area contributed by atoms with Gasteiger partial charge >= 0.3 is 0 Å². The number of benzene rings is 1. The minimum Gasteiger partial charge on any atom is -0.398 e. The van der Waals surface area contributed by atoms with Crippen LogP contribution in [-0.4, -0.2) is 0 Å². The van der Waals surface area contributed by atoms with Crippen molar-refractivity contribution in [3.8, 4) is 0 Å². The van der Waals surface area contributed by atoms with Gasteiger partial charge in [0.1, 0.15) is 0 Å². The van der Waals surface area contributed by atoms with E-state index in [0.717, 1.165) is 5.69 Å². The highest BCUT2D eigenvalue weighted by Gasteiger charge is 2.16. The van der Waals surface area contributed by atoms with Gasteiger partial charge in [-0.25, -0.2) is 0 Å². The molecule has 0 radical (unpaired) electrons. The van der Waals surface area contributed by atoms with Gasteiger partial charge < -0.3 is 5.73 Å². The minimum absolute atomic E-state index is 0.547. The summed E-state index contributed by atoms with van der Waals surface area (Å²) in [5.74, 6) is 0.547. The Bertz CT molecular complexity index is 326. The van der Waals surface area contributed by atoms with E-state index in [1.54, 1.807) is 0 Å². The molecule has 0 amide bonds. The largest absolute Gasteiger partial charge is 0.398 e. The molecule has 0 bridgehead atoms. The maximum absolute atomic E-state index is 6.14. The lowest BCUT2D eigenvalue weighted by atomic mass is 9.96. The first-order valence-corrected chi connectivity index (χ1v) is 5.10. The van der Waals surface area contributed by atoms with Crippen molar-refractivity contribution in [2.75, 3.05) is 5.73 Å². The van der Waals surface area contributed by atoms with Crippen LogP contribution in [0.4, 0.5) is 5.69 Å². The van der Waals surface area contributed by atoms with E-state index in [2.05, 4.69) is 26.0 Å². The van der Waals surface area contributed by atoms with Gasteiger partial charge in [0, 0.05) is 5.69 Å². The summed E-state index contributed by atoms with van der Waals surface area (Å²) in [6.45, 7) is 4.40. The summed E-state index contributed by atoms with van der Waals surface area (Å²) in [5.41, 5.74) is 11.4. The Kier molecular flexibility index (Phi) is 2.03. The molecule has 1 aromatic carbocycles. The van der Waals surface area contributed by atoms with Crippen LogP contribution in [0, 0.1) is 0 Å². The van der Waals surface area contributed by atoms with Crippen molar-refractivity contribution in [3.63, 3.8) is 0 Å². The second kappa shape index (κ2) is 3.06. The van der Waals surface area contributed by atoms with E-state index in [9.17, 15) is 0 Å². The summed E-state index contributed by atoms with van der Waals surface area (Å²) in [6, 6.07) is 4.46. The Balaban J connectivity index is 2.52. The Morgan fingerprint density at radius 3 is 2.69 bits per heavy atom. The molecule has 2 rings (SSSR count). The zero-order valence-electron chi connectivity index (χ0n) is 8.43. The lowest BCUT2D eigenvalue weighted by Gasteiger charge is -2.13. The fourth-order valence-corrected chi connectivity index (χ4v) is 2.22. The van der Waals surface area contributed by atoms with Crippen LogP contribution in [0.15, 0.2) is 12.1 Å². The Morgan fingerprint density at radius 2 is 2.00 bits per heavy atom. The van der Waals surface area contributed by atoms with Crippen molar-refractivity contribution >= 4 is 5.69 Å². The summed E-state index contributed by atoms with van der Waals surface area (Å²) < 4.78 is 0. The van der Waals surface area contributed by atoms with Crippen molar-refractivity contribution in [1.29, 1.82) is 0 Å². The van der Waals surface area contributed by atoms with Gasteiger partial charge in [0.05, 0.1) is 0 Å². The van der Waals surface area contributed by atoms with Gasteiger partial charge in [-0.15, -0.1) is 0 Å². The van der Waals surface area contributed by atoms with E-state index in [1.165, 1.54) is 36.0 Å². The lowest BCUT2D eigenvalue weighted by molar-refractivity contribution is 0.866. The molecule has 0 heterocycles. The molecule has 1 aliphatic rings. The molecule has 0 spiro atoms. The van der Waals surface area contributed by atoms with E-state index >= 15 is 0 Å². The third-order valence-electron chi connectivity index (χ3n) is 2.98. The first-order valence-electron chi connectivity index (χ1n) is 5.10. The van der Waals surface area contributed by atoms with Gasteiger partial charge in [0.25, 0.3) is 0 Å². The molecule has 0 fully saturated rings. The molecule has 13 heavy (non-hydrogen) atoms. The van der Waals surface area contributed by atoms with Gasteiger partial charge in [-0.2, -0.15) is 0 Å². The Hall–Kier alpha value is -0.980. The third kappa shape index (κ3) is 1.32. The lowest BCUT2D eigenvalue weighted by Crippen LogP contribution is -2.01. The van der Waals surface area contributed by atoms with Gasteiger partial charge in [0.2, 0.25) is 0 Å². The smallest absolute Gasteiger partial charge is 0.0384 e. The van der Waals surface area contributed by atoms with Gasteiger partial charge in [-0.3, -0.25) is 0 Å². The van der Waals surface area contributed by atoms with Gasteiger partial charge in [-0.05, 0) is 41.9 Å². The van der Waals surface area contributed by atoms with E-state index < -0.39 is 0 Å². The van der Waals surface area contributed by atoms with Crippen LogP contribution in [0.5, 0.6) is 0 Å². The standard InChI is InChI=1S/C12H17N/c1-8(2)10-7-6-9-4-3-5-11(9)12(10)13/h6-8H,3-5,13H2,1-2H3. The number of nitrogens with two attached hydrogens (primary N) is 1. The number of aryl methyl sites for hydroxylation is 1. The van der Waals surface area contributed by atoms with Crippen LogP contribution in [-0.2, 0) is 12.8 Å². The molecule has 1 nitrogen and oxygen atoms in total. The maximum Gasteiger partial charge on any atom is 0.0384 e. The number of nitrogen functional groups attached to an aromatic ring is 1. The number of rotatable bonds is 1. The summed E-state index contributed by atoms with van der Waals surface area (Å²) >= 11 is 0. The minimum atomic E-state index is 0.547. The van der Waals surface area contributed by atoms with Crippen molar-refractivity contribution in [2.45, 2.75) is 39.0 Å². The normalized spacial score (nSPS) is 15.0. The first-order chi connectivity index (χ1) is 6.20. The number of hydrogen-bond donors (Lipinski definition) is 1. The fraction of sp³-hybridized carbons (Fsp3) is 0.500. The highest BCUT2D eigenvalue weighted by Crippen LogP contribution is 2.32. The van der Waals surface area contributed by atoms with Crippen LogP contribution >= 0.6 is 0 Å². The third-order valence-corrected chi connectivity index (χ3v) is 2.98. The predicted octanol–water partition coefficient (Wildman–Crippen LogP) is 2.88. The van der Waals surface area contributed by atoms with Crippen LogP contribution in [0.2, 0.25) is 0 Å². The second-order valence-corrected chi connectivity index (χ2v) is 4.21. The molecular formula is C12H17N. The zero-order chi connectivity index (χ0) is 9.42. The molecule has 0 aromatic heterocycles. The highest BCUT2D eigenvalue weighted by molar-refractivity contribution is 5.59. The summed E-state index contributed by atoms with van der Waals surface area (Å²) in [5, 5.41) is 0. The number of fused-ring (bicyclic) bond motifs is 1. The predicted molar refractivity (Wildman–Crippen MR) is 57.0 cm³/mol. The molecule has 1 heteroatoms. The number of anilines is 1. The van der Waals surface area contributed by atoms with Crippen molar-refractivity contribution in [3.05, 3.63) is 28.8 Å². The molecule has 0 unspecified atom stereocenters. The second-order valence-electron chi connectivity index (χ2n) is 4.21. The first kappa shape index (κ1) is 8.61. The van der Waals surface area contributed by atoms with Gasteiger partial charge in [0.15, 0.2) is 0 Å². The van der Waals surface area contributed by atoms with E-state index in [-0.39, 0.29) is 0 Å². The maximum atomic E-state index is 6.14. The monoisotopic (exact) mass is 175 g/mol. The SMILES string of the molecule is CC(C)c1ccc2c(c1N)CCC2.